The summed E-state index contributed by atoms with van der Waals surface area (Å²) in [6, 6.07) is -0.823. The number of allylic oxidation sites excluding steroid dienone is 17. The van der Waals surface area contributed by atoms with Gasteiger partial charge in [-0.3, -0.25) is 4.79 Å². The van der Waals surface area contributed by atoms with Gasteiger partial charge in [-0.2, -0.15) is 0 Å². The standard InChI is InChI=1S/C71H123NO8/c1-3-5-7-9-11-13-15-17-19-21-23-25-27-29-31-32-33-34-35-37-39-41-43-45-47-49-51-53-55-57-59-61-67(75)72-64(63-79-71-70(78)69(77)68(76)66(62-73)80-71)65(74)60-58-56-54-52-50-48-46-44-42-40-38-36-30-28-26-24-22-20-18-16-14-12-10-8-6-4-2/h5,7,11,13,17,19,23,25,29,31,33-34,37,39,43,45,58,60,64-66,68-71,73-74,76-78H,3-4,6,8-10,12,14-16,18,20-22,24,26-28,30,32,35-36,38,40-42,44,46-57,59,61-63H2,1-2H3,(H,72,75)/b7-5-,13-11-,19-17-,25-23-,31-29-,34-33-,39-37-,45-43-,60-58+. The molecule has 0 aromatic heterocycles. The van der Waals surface area contributed by atoms with Crippen LogP contribution in [0.15, 0.2) is 109 Å². The molecular formula is C71H123NO8. The fourth-order valence-corrected chi connectivity index (χ4v) is 9.94. The number of unbranched alkanes of at least 4 members (excludes halogenated alkanes) is 30. The second-order valence-corrected chi connectivity index (χ2v) is 22.5. The highest BCUT2D eigenvalue weighted by molar-refractivity contribution is 5.76. The van der Waals surface area contributed by atoms with Crippen molar-refractivity contribution in [3.8, 4) is 0 Å². The first kappa shape index (κ1) is 74.9. The monoisotopic (exact) mass is 1120 g/mol. The fourth-order valence-electron chi connectivity index (χ4n) is 9.94. The number of rotatable bonds is 56. The molecular weight excluding hydrogens is 995 g/mol. The molecule has 0 bridgehead atoms. The summed E-state index contributed by atoms with van der Waals surface area (Å²) in [6.07, 6.45) is 80.2. The Labute approximate surface area is 491 Å². The van der Waals surface area contributed by atoms with Crippen LogP contribution < -0.4 is 5.32 Å². The third-order valence-electron chi connectivity index (χ3n) is 15.1. The molecule has 1 saturated heterocycles. The number of carbonyl (C=O) groups is 1. The highest BCUT2D eigenvalue weighted by atomic mass is 16.7. The van der Waals surface area contributed by atoms with E-state index in [1.165, 1.54) is 141 Å². The first-order chi connectivity index (χ1) is 39.3. The molecule has 0 radical (unpaired) electrons. The highest BCUT2D eigenvalue weighted by Gasteiger charge is 2.44. The van der Waals surface area contributed by atoms with Crippen LogP contribution in [0, 0.1) is 0 Å². The number of hydrogen-bond acceptors (Lipinski definition) is 8. The highest BCUT2D eigenvalue weighted by Crippen LogP contribution is 2.23. The average Bonchev–Trinajstić information content (AvgIpc) is 3.46. The van der Waals surface area contributed by atoms with Crippen LogP contribution >= 0.6 is 0 Å². The molecule has 460 valence electrons. The van der Waals surface area contributed by atoms with E-state index in [4.69, 9.17) is 9.47 Å². The molecule has 9 heteroatoms. The van der Waals surface area contributed by atoms with Crippen molar-refractivity contribution >= 4 is 5.91 Å². The zero-order chi connectivity index (χ0) is 57.9. The minimum Gasteiger partial charge on any atom is -0.394 e. The minimum absolute atomic E-state index is 0.193. The number of ether oxygens (including phenoxy) is 2. The predicted molar refractivity (Wildman–Crippen MR) is 341 cm³/mol. The van der Waals surface area contributed by atoms with Crippen molar-refractivity contribution < 1.29 is 39.8 Å². The maximum atomic E-state index is 13.1. The molecule has 1 amide bonds. The summed E-state index contributed by atoms with van der Waals surface area (Å²) in [6.45, 7) is 3.68. The molecule has 0 saturated carbocycles. The van der Waals surface area contributed by atoms with E-state index >= 15 is 0 Å². The van der Waals surface area contributed by atoms with Crippen molar-refractivity contribution in [2.24, 2.45) is 0 Å². The summed E-state index contributed by atoms with van der Waals surface area (Å²) in [5.41, 5.74) is 0. The van der Waals surface area contributed by atoms with E-state index in [0.717, 1.165) is 116 Å². The lowest BCUT2D eigenvalue weighted by Gasteiger charge is -2.40. The summed E-state index contributed by atoms with van der Waals surface area (Å²) < 4.78 is 11.3. The van der Waals surface area contributed by atoms with Crippen LogP contribution in [0.25, 0.3) is 0 Å². The quantitative estimate of drug-likeness (QED) is 0.0261. The topological polar surface area (TPSA) is 149 Å². The van der Waals surface area contributed by atoms with Gasteiger partial charge < -0.3 is 40.3 Å². The van der Waals surface area contributed by atoms with Crippen LogP contribution in [0.2, 0.25) is 0 Å². The Morgan fingerprint density at radius 3 is 1.15 bits per heavy atom. The van der Waals surface area contributed by atoms with Crippen LogP contribution in [-0.4, -0.2) is 87.5 Å². The summed E-state index contributed by atoms with van der Waals surface area (Å²) in [7, 11) is 0. The van der Waals surface area contributed by atoms with E-state index in [2.05, 4.69) is 116 Å². The summed E-state index contributed by atoms with van der Waals surface area (Å²) in [4.78, 5) is 13.1. The lowest BCUT2D eigenvalue weighted by atomic mass is 9.99. The van der Waals surface area contributed by atoms with Crippen LogP contribution in [-0.2, 0) is 14.3 Å². The molecule has 1 rings (SSSR count). The molecule has 1 heterocycles. The van der Waals surface area contributed by atoms with Crippen molar-refractivity contribution in [3.05, 3.63) is 109 Å². The van der Waals surface area contributed by atoms with Gasteiger partial charge in [0.05, 0.1) is 25.4 Å². The maximum Gasteiger partial charge on any atom is 0.220 e. The smallest absolute Gasteiger partial charge is 0.220 e. The van der Waals surface area contributed by atoms with Gasteiger partial charge in [0.2, 0.25) is 5.91 Å². The van der Waals surface area contributed by atoms with E-state index in [9.17, 15) is 30.3 Å². The Morgan fingerprint density at radius 2 is 0.775 bits per heavy atom. The van der Waals surface area contributed by atoms with Crippen LogP contribution in [0.5, 0.6) is 0 Å². The summed E-state index contributed by atoms with van der Waals surface area (Å²) in [5, 5.41) is 54.7. The Hall–Kier alpha value is -3.15. The van der Waals surface area contributed by atoms with Crippen molar-refractivity contribution in [3.63, 3.8) is 0 Å². The number of amides is 1. The molecule has 1 aliphatic heterocycles. The molecule has 1 fully saturated rings. The first-order valence-corrected chi connectivity index (χ1v) is 33.1. The SMILES string of the molecule is CC/C=C\C/C=C\C/C=C\C/C=C\C/C=C\C/C=C\C/C=C\C/C=C\CCCCCCCCC(=O)NC(COC1OC(CO)C(O)C(O)C1O)C(O)/C=C/CCCCCCCCCCCCCCCCCCCCCCCCCC. The van der Waals surface area contributed by atoms with E-state index in [0.29, 0.717) is 6.42 Å². The van der Waals surface area contributed by atoms with E-state index in [1.54, 1.807) is 6.08 Å². The maximum absolute atomic E-state index is 13.1. The molecule has 9 nitrogen and oxygen atoms in total. The van der Waals surface area contributed by atoms with E-state index in [-0.39, 0.29) is 12.5 Å². The molecule has 0 aromatic carbocycles. The van der Waals surface area contributed by atoms with Crippen molar-refractivity contribution in [1.29, 1.82) is 0 Å². The van der Waals surface area contributed by atoms with Crippen LogP contribution in [0.4, 0.5) is 0 Å². The van der Waals surface area contributed by atoms with Crippen molar-refractivity contribution in [1.82, 2.24) is 5.32 Å². The normalized spacial score (nSPS) is 19.2. The van der Waals surface area contributed by atoms with Crippen molar-refractivity contribution in [2.45, 2.75) is 320 Å². The average molecular weight is 1120 g/mol. The molecule has 7 atom stereocenters. The minimum atomic E-state index is -1.58. The third-order valence-corrected chi connectivity index (χ3v) is 15.1. The zero-order valence-electron chi connectivity index (χ0n) is 51.3. The second-order valence-electron chi connectivity index (χ2n) is 22.5. The number of nitrogens with one attached hydrogen (secondary N) is 1. The number of aliphatic hydroxyl groups excluding tert-OH is 5. The lowest BCUT2D eigenvalue weighted by molar-refractivity contribution is -0.302. The Kier molecular flexibility index (Phi) is 55.2. The van der Waals surface area contributed by atoms with Gasteiger partial charge in [-0.15, -0.1) is 0 Å². The van der Waals surface area contributed by atoms with Crippen LogP contribution in [0.1, 0.15) is 277 Å². The molecule has 7 unspecified atom stereocenters. The van der Waals surface area contributed by atoms with Gasteiger partial charge in [-0.25, -0.2) is 0 Å². The lowest BCUT2D eigenvalue weighted by Crippen LogP contribution is -2.60. The predicted octanol–water partition coefficient (Wildman–Crippen LogP) is 17.7. The van der Waals surface area contributed by atoms with Gasteiger partial charge in [-0.1, -0.05) is 297 Å². The Bertz CT molecular complexity index is 1630. The molecule has 80 heavy (non-hydrogen) atoms. The number of aliphatic hydroxyl groups is 5. The van der Waals surface area contributed by atoms with Gasteiger partial charge in [0.15, 0.2) is 6.29 Å². The van der Waals surface area contributed by atoms with E-state index < -0.39 is 49.5 Å². The van der Waals surface area contributed by atoms with Gasteiger partial charge in [0.25, 0.3) is 0 Å². The number of hydrogen-bond donors (Lipinski definition) is 6. The molecule has 6 N–H and O–H groups in total. The molecule has 0 spiro atoms. The first-order valence-electron chi connectivity index (χ1n) is 33.1. The van der Waals surface area contributed by atoms with Crippen LogP contribution in [0.3, 0.4) is 0 Å². The Morgan fingerprint density at radius 1 is 0.438 bits per heavy atom. The Balaban J connectivity index is 2.21. The molecule has 1 aliphatic rings. The van der Waals surface area contributed by atoms with Gasteiger partial charge in [-0.05, 0) is 83.5 Å². The second kappa shape index (κ2) is 59.0. The van der Waals surface area contributed by atoms with Gasteiger partial charge in [0, 0.05) is 6.42 Å². The largest absolute Gasteiger partial charge is 0.394 e. The third kappa shape index (κ3) is 47.4. The van der Waals surface area contributed by atoms with Gasteiger partial charge in [0.1, 0.15) is 24.4 Å². The van der Waals surface area contributed by atoms with Crippen molar-refractivity contribution in [2.75, 3.05) is 13.2 Å². The van der Waals surface area contributed by atoms with Gasteiger partial charge >= 0.3 is 0 Å². The zero-order valence-corrected chi connectivity index (χ0v) is 51.3. The number of carbonyl (C=O) groups excluding carboxylic acids is 1. The molecule has 0 aromatic rings. The fraction of sp³-hybridized carbons (Fsp3) is 0.732. The summed E-state index contributed by atoms with van der Waals surface area (Å²) >= 11 is 0. The van der Waals surface area contributed by atoms with E-state index in [1.807, 2.05) is 6.08 Å². The molecule has 0 aliphatic carbocycles. The summed E-state index contributed by atoms with van der Waals surface area (Å²) in [5.74, 6) is -0.193.